The summed E-state index contributed by atoms with van der Waals surface area (Å²) in [7, 11) is 0. The molecule has 1 fully saturated rings. The van der Waals surface area contributed by atoms with Crippen molar-refractivity contribution in [3.63, 3.8) is 0 Å². The van der Waals surface area contributed by atoms with Gasteiger partial charge in [0.2, 0.25) is 11.8 Å². The molecule has 3 rings (SSSR count). The van der Waals surface area contributed by atoms with Gasteiger partial charge in [-0.15, -0.1) is 11.3 Å². The number of thiazole rings is 1. The highest BCUT2D eigenvalue weighted by Crippen LogP contribution is 2.12. The molecule has 8 nitrogen and oxygen atoms in total. The van der Waals surface area contributed by atoms with E-state index in [0.717, 1.165) is 43.5 Å². The molecule has 1 saturated heterocycles. The van der Waals surface area contributed by atoms with E-state index < -0.39 is 0 Å². The van der Waals surface area contributed by atoms with Crippen molar-refractivity contribution in [3.05, 3.63) is 27.8 Å². The SMILES string of the molecule is Cc1nc(CC(=O)NCc2nc(CN3CCOCC3)cs2)no1. The molecule has 0 spiro atoms. The standard InChI is InChI=1S/C14H19N5O3S/c1-10-16-12(18-22-10)6-13(20)15-7-14-17-11(9-23-14)8-19-2-4-21-5-3-19/h9H,2-8H2,1H3,(H,15,20). The lowest BCUT2D eigenvalue weighted by molar-refractivity contribution is -0.120. The molecule has 9 heteroatoms. The summed E-state index contributed by atoms with van der Waals surface area (Å²) in [6.07, 6.45) is 0.114. The monoisotopic (exact) mass is 337 g/mol. The fraction of sp³-hybridized carbons (Fsp3) is 0.571. The molecule has 0 unspecified atom stereocenters. The van der Waals surface area contributed by atoms with Crippen LogP contribution >= 0.6 is 11.3 Å². The Bertz CT molecular complexity index is 650. The van der Waals surface area contributed by atoms with Crippen molar-refractivity contribution >= 4 is 17.2 Å². The molecule has 1 amide bonds. The van der Waals surface area contributed by atoms with Crippen LogP contribution in [0.1, 0.15) is 22.4 Å². The molecule has 124 valence electrons. The summed E-state index contributed by atoms with van der Waals surface area (Å²) >= 11 is 1.56. The van der Waals surface area contributed by atoms with Crippen LogP contribution in [-0.4, -0.2) is 52.2 Å². The molecule has 0 radical (unpaired) electrons. The zero-order valence-electron chi connectivity index (χ0n) is 12.9. The number of amides is 1. The fourth-order valence-corrected chi connectivity index (χ4v) is 3.01. The number of rotatable bonds is 6. The summed E-state index contributed by atoms with van der Waals surface area (Å²) in [6, 6.07) is 0. The van der Waals surface area contributed by atoms with E-state index in [4.69, 9.17) is 9.26 Å². The quantitative estimate of drug-likeness (QED) is 0.821. The second-order valence-electron chi connectivity index (χ2n) is 5.30. The van der Waals surface area contributed by atoms with Gasteiger partial charge in [-0.25, -0.2) is 4.98 Å². The molecular formula is C14H19N5O3S. The van der Waals surface area contributed by atoms with E-state index in [9.17, 15) is 4.79 Å². The highest BCUT2D eigenvalue weighted by atomic mass is 32.1. The fourth-order valence-electron chi connectivity index (χ4n) is 2.28. The molecule has 3 heterocycles. The summed E-state index contributed by atoms with van der Waals surface area (Å²) in [5.41, 5.74) is 1.04. The first-order valence-electron chi connectivity index (χ1n) is 7.48. The second kappa shape index (κ2) is 7.62. The Morgan fingerprint density at radius 1 is 1.39 bits per heavy atom. The molecular weight excluding hydrogens is 318 g/mol. The molecule has 2 aromatic rings. The van der Waals surface area contributed by atoms with Crippen molar-refractivity contribution in [2.24, 2.45) is 0 Å². The van der Waals surface area contributed by atoms with Crippen molar-refractivity contribution in [3.8, 4) is 0 Å². The number of nitrogens with one attached hydrogen (secondary N) is 1. The van der Waals surface area contributed by atoms with E-state index in [2.05, 4.69) is 25.3 Å². The Balaban J connectivity index is 1.44. The number of hydrogen-bond donors (Lipinski definition) is 1. The minimum atomic E-state index is -0.143. The van der Waals surface area contributed by atoms with Crippen molar-refractivity contribution in [1.82, 2.24) is 25.3 Å². The number of morpholine rings is 1. The van der Waals surface area contributed by atoms with Crippen LogP contribution < -0.4 is 5.32 Å². The normalized spacial score (nSPS) is 15.7. The highest BCUT2D eigenvalue weighted by Gasteiger charge is 2.13. The van der Waals surface area contributed by atoms with Crippen LogP contribution in [0.25, 0.3) is 0 Å². The Hall–Kier alpha value is -1.84. The third kappa shape index (κ3) is 4.81. The second-order valence-corrected chi connectivity index (χ2v) is 6.25. The Morgan fingerprint density at radius 3 is 2.96 bits per heavy atom. The predicted octanol–water partition coefficient (Wildman–Crippen LogP) is 0.526. The molecule has 1 aliphatic heterocycles. The molecule has 1 aliphatic rings. The van der Waals surface area contributed by atoms with Crippen molar-refractivity contribution in [2.45, 2.75) is 26.4 Å². The minimum absolute atomic E-state index is 0.114. The first-order valence-corrected chi connectivity index (χ1v) is 8.36. The molecule has 23 heavy (non-hydrogen) atoms. The minimum Gasteiger partial charge on any atom is -0.379 e. The van der Waals surface area contributed by atoms with Crippen LogP contribution in [0.4, 0.5) is 0 Å². The molecule has 2 aromatic heterocycles. The van der Waals surface area contributed by atoms with Gasteiger partial charge in [-0.3, -0.25) is 9.69 Å². The topological polar surface area (TPSA) is 93.4 Å². The van der Waals surface area contributed by atoms with Gasteiger partial charge < -0.3 is 14.6 Å². The number of aromatic nitrogens is 3. The van der Waals surface area contributed by atoms with Crippen molar-refractivity contribution in [1.29, 1.82) is 0 Å². The summed E-state index contributed by atoms with van der Waals surface area (Å²) in [5, 5.41) is 9.47. The van der Waals surface area contributed by atoms with E-state index in [1.54, 1.807) is 18.3 Å². The summed E-state index contributed by atoms with van der Waals surface area (Å²) in [5.74, 6) is 0.711. The largest absolute Gasteiger partial charge is 0.379 e. The number of hydrogen-bond acceptors (Lipinski definition) is 8. The zero-order chi connectivity index (χ0) is 16.1. The van der Waals surface area contributed by atoms with E-state index in [1.165, 1.54) is 0 Å². The van der Waals surface area contributed by atoms with Gasteiger partial charge in [0.1, 0.15) is 5.01 Å². The van der Waals surface area contributed by atoms with Gasteiger partial charge in [-0.2, -0.15) is 4.98 Å². The molecule has 0 saturated carbocycles. The van der Waals surface area contributed by atoms with Crippen LogP contribution in [0.15, 0.2) is 9.90 Å². The Labute approximate surface area is 137 Å². The molecule has 0 bridgehead atoms. The number of nitrogens with zero attached hydrogens (tertiary/aromatic N) is 4. The first-order chi connectivity index (χ1) is 11.2. The first kappa shape index (κ1) is 16.0. The van der Waals surface area contributed by atoms with Gasteiger partial charge in [-0.1, -0.05) is 5.16 Å². The van der Waals surface area contributed by atoms with Crippen LogP contribution in [0.2, 0.25) is 0 Å². The summed E-state index contributed by atoms with van der Waals surface area (Å²) < 4.78 is 10.2. The number of carbonyl (C=O) groups excluding carboxylic acids is 1. The molecule has 0 aliphatic carbocycles. The van der Waals surface area contributed by atoms with Crippen LogP contribution in [0, 0.1) is 6.92 Å². The summed E-state index contributed by atoms with van der Waals surface area (Å²) in [6.45, 7) is 6.38. The number of carbonyl (C=O) groups is 1. The number of ether oxygens (including phenoxy) is 1. The van der Waals surface area contributed by atoms with E-state index >= 15 is 0 Å². The number of aryl methyl sites for hydroxylation is 1. The van der Waals surface area contributed by atoms with Gasteiger partial charge in [0, 0.05) is 31.9 Å². The van der Waals surface area contributed by atoms with Gasteiger partial charge in [0.15, 0.2) is 5.82 Å². The van der Waals surface area contributed by atoms with E-state index in [0.29, 0.717) is 18.3 Å². The van der Waals surface area contributed by atoms with Gasteiger partial charge in [0.25, 0.3) is 0 Å². The third-order valence-electron chi connectivity index (χ3n) is 3.41. The van der Waals surface area contributed by atoms with E-state index in [-0.39, 0.29) is 12.3 Å². The third-order valence-corrected chi connectivity index (χ3v) is 4.31. The maximum absolute atomic E-state index is 11.8. The summed E-state index contributed by atoms with van der Waals surface area (Å²) in [4.78, 5) is 22.7. The van der Waals surface area contributed by atoms with Crippen molar-refractivity contribution in [2.75, 3.05) is 26.3 Å². The lowest BCUT2D eigenvalue weighted by Gasteiger charge is -2.25. The maximum atomic E-state index is 11.8. The van der Waals surface area contributed by atoms with Gasteiger partial charge in [-0.05, 0) is 0 Å². The van der Waals surface area contributed by atoms with Gasteiger partial charge in [0.05, 0.1) is 31.9 Å². The van der Waals surface area contributed by atoms with Gasteiger partial charge >= 0.3 is 0 Å². The average molecular weight is 337 g/mol. The smallest absolute Gasteiger partial charge is 0.228 e. The molecule has 1 N–H and O–H groups in total. The van der Waals surface area contributed by atoms with Crippen LogP contribution in [0.5, 0.6) is 0 Å². The lowest BCUT2D eigenvalue weighted by Crippen LogP contribution is -2.35. The maximum Gasteiger partial charge on any atom is 0.228 e. The van der Waals surface area contributed by atoms with Crippen LogP contribution in [0.3, 0.4) is 0 Å². The lowest BCUT2D eigenvalue weighted by atomic mass is 10.3. The highest BCUT2D eigenvalue weighted by molar-refractivity contribution is 7.09. The Kier molecular flexibility index (Phi) is 5.31. The average Bonchev–Trinajstić information content (AvgIpc) is 3.15. The zero-order valence-corrected chi connectivity index (χ0v) is 13.8. The van der Waals surface area contributed by atoms with Crippen LogP contribution in [-0.2, 0) is 29.0 Å². The Morgan fingerprint density at radius 2 is 2.22 bits per heavy atom. The van der Waals surface area contributed by atoms with Crippen molar-refractivity contribution < 1.29 is 14.1 Å². The molecule has 0 aromatic carbocycles. The predicted molar refractivity (Wildman–Crippen MR) is 82.8 cm³/mol. The molecule has 0 atom stereocenters. The van der Waals surface area contributed by atoms with E-state index in [1.807, 2.05) is 5.38 Å².